The molecule has 168 valence electrons. The number of aliphatic imine (C=N–C) groups is 1. The van der Waals surface area contributed by atoms with Crippen LogP contribution in [-0.2, 0) is 21.2 Å². The van der Waals surface area contributed by atoms with Crippen molar-refractivity contribution in [2.45, 2.75) is 38.2 Å². The van der Waals surface area contributed by atoms with Crippen molar-refractivity contribution in [1.29, 1.82) is 0 Å². The summed E-state index contributed by atoms with van der Waals surface area (Å²) in [6.07, 6.45) is 0.730. The van der Waals surface area contributed by atoms with Crippen LogP contribution in [0.15, 0.2) is 52.4 Å². The summed E-state index contributed by atoms with van der Waals surface area (Å²) in [7, 11) is -3.67. The Hall–Kier alpha value is -2.42. The maximum Gasteiger partial charge on any atom is 0.238 e. The molecule has 8 heteroatoms. The molecular weight excluding hydrogens is 412 g/mol. The Labute approximate surface area is 185 Å². The van der Waals surface area contributed by atoms with Crippen LogP contribution in [0.5, 0.6) is 0 Å². The Morgan fingerprint density at radius 1 is 1.23 bits per heavy atom. The fourth-order valence-electron chi connectivity index (χ4n) is 3.78. The normalized spacial score (nSPS) is 17.6. The lowest BCUT2D eigenvalue weighted by Gasteiger charge is -2.36. The number of ether oxygens (including phenoxy) is 1. The van der Waals surface area contributed by atoms with E-state index >= 15 is 0 Å². The number of nitrogens with zero attached hydrogens (tertiary/aromatic N) is 2. The summed E-state index contributed by atoms with van der Waals surface area (Å²) >= 11 is 0. The smallest absolute Gasteiger partial charge is 0.238 e. The van der Waals surface area contributed by atoms with Gasteiger partial charge in [0.2, 0.25) is 10.0 Å². The number of nitrogens with one attached hydrogen (secondary N) is 1. The van der Waals surface area contributed by atoms with E-state index < -0.39 is 10.0 Å². The lowest BCUT2D eigenvalue weighted by atomic mass is 10.00. The molecule has 1 atom stereocenters. The number of guanidine groups is 1. The van der Waals surface area contributed by atoms with E-state index in [0.29, 0.717) is 19.6 Å². The quantitative estimate of drug-likeness (QED) is 0.527. The van der Waals surface area contributed by atoms with Gasteiger partial charge in [0.15, 0.2) is 5.96 Å². The zero-order chi connectivity index (χ0) is 22.4. The molecule has 1 heterocycles. The monoisotopic (exact) mass is 444 g/mol. The van der Waals surface area contributed by atoms with E-state index in [9.17, 15) is 8.42 Å². The molecule has 0 spiro atoms. The fraction of sp³-hybridized carbons (Fsp3) is 0.435. The number of primary sulfonamides is 1. The van der Waals surface area contributed by atoms with E-state index in [4.69, 9.17) is 14.9 Å². The van der Waals surface area contributed by atoms with Crippen molar-refractivity contribution in [3.8, 4) is 0 Å². The Morgan fingerprint density at radius 2 is 1.97 bits per heavy atom. The summed E-state index contributed by atoms with van der Waals surface area (Å²) in [6.45, 7) is 9.86. The van der Waals surface area contributed by atoms with Crippen LogP contribution >= 0.6 is 0 Å². The van der Waals surface area contributed by atoms with Crippen molar-refractivity contribution in [3.05, 3.63) is 64.7 Å². The van der Waals surface area contributed by atoms with Crippen molar-refractivity contribution in [2.75, 3.05) is 32.8 Å². The standard InChI is InChI=1S/C23H32N4O3S/c1-4-25-23(26-12-11-19-6-8-20(9-7-19)31(24,28)29)27-13-14-30-22(16-27)21-10-5-17(2)15-18(21)3/h5-10,15,22H,4,11-14,16H2,1-3H3,(H,25,26)(H2,24,28,29). The van der Waals surface area contributed by atoms with Gasteiger partial charge in [-0.2, -0.15) is 0 Å². The predicted octanol–water partition coefficient (Wildman–Crippen LogP) is 2.53. The number of morpholine rings is 1. The lowest BCUT2D eigenvalue weighted by Crippen LogP contribution is -2.48. The highest BCUT2D eigenvalue weighted by atomic mass is 32.2. The number of benzene rings is 2. The number of aryl methyl sites for hydroxylation is 2. The average Bonchev–Trinajstić information content (AvgIpc) is 2.73. The third-order valence-electron chi connectivity index (χ3n) is 5.39. The highest BCUT2D eigenvalue weighted by molar-refractivity contribution is 7.89. The Bertz CT molecular complexity index is 1020. The number of hydrogen-bond acceptors (Lipinski definition) is 4. The molecule has 0 saturated carbocycles. The molecule has 2 aromatic carbocycles. The first kappa shape index (κ1) is 23.2. The van der Waals surface area contributed by atoms with E-state index in [1.807, 2.05) is 0 Å². The molecule has 0 bridgehead atoms. The topological polar surface area (TPSA) is 97.0 Å². The molecule has 1 unspecified atom stereocenters. The van der Waals surface area contributed by atoms with Gasteiger partial charge in [0.05, 0.1) is 18.0 Å². The minimum absolute atomic E-state index is 0.0176. The van der Waals surface area contributed by atoms with Crippen LogP contribution in [0.4, 0.5) is 0 Å². The van der Waals surface area contributed by atoms with Crippen LogP contribution in [0.3, 0.4) is 0 Å². The van der Waals surface area contributed by atoms with Crippen LogP contribution in [0.25, 0.3) is 0 Å². The molecule has 0 aliphatic carbocycles. The second-order valence-corrected chi connectivity index (χ2v) is 9.40. The van der Waals surface area contributed by atoms with Gasteiger partial charge in [-0.25, -0.2) is 13.6 Å². The highest BCUT2D eigenvalue weighted by Crippen LogP contribution is 2.26. The summed E-state index contributed by atoms with van der Waals surface area (Å²) in [5, 5.41) is 8.55. The SMILES string of the molecule is CCNC(=NCCc1ccc(S(N)(=O)=O)cc1)N1CCOC(c2ccc(C)cc2C)C1. The molecule has 1 aliphatic heterocycles. The van der Waals surface area contributed by atoms with Crippen molar-refractivity contribution < 1.29 is 13.2 Å². The van der Waals surface area contributed by atoms with Crippen molar-refractivity contribution >= 4 is 16.0 Å². The van der Waals surface area contributed by atoms with Gasteiger partial charge >= 0.3 is 0 Å². The van der Waals surface area contributed by atoms with Gasteiger partial charge in [-0.05, 0) is 56.0 Å². The summed E-state index contributed by atoms with van der Waals surface area (Å²) in [6, 6.07) is 13.1. The van der Waals surface area contributed by atoms with E-state index in [0.717, 1.165) is 31.2 Å². The van der Waals surface area contributed by atoms with Gasteiger partial charge in [0.25, 0.3) is 0 Å². The molecule has 1 aliphatic rings. The molecule has 3 rings (SSSR count). The molecule has 0 radical (unpaired) electrons. The molecule has 2 aromatic rings. The van der Waals surface area contributed by atoms with Crippen LogP contribution in [-0.4, -0.2) is 52.1 Å². The summed E-state index contributed by atoms with van der Waals surface area (Å²) in [4.78, 5) is 7.18. The van der Waals surface area contributed by atoms with Crippen molar-refractivity contribution in [1.82, 2.24) is 10.2 Å². The number of sulfonamides is 1. The minimum Gasteiger partial charge on any atom is -0.370 e. The highest BCUT2D eigenvalue weighted by Gasteiger charge is 2.25. The average molecular weight is 445 g/mol. The second kappa shape index (κ2) is 10.3. The molecular formula is C23H32N4O3S. The number of hydrogen-bond donors (Lipinski definition) is 2. The van der Waals surface area contributed by atoms with Crippen LogP contribution in [0.1, 0.15) is 35.3 Å². The Kier molecular flexibility index (Phi) is 7.69. The Balaban J connectivity index is 1.66. The van der Waals surface area contributed by atoms with Crippen molar-refractivity contribution in [3.63, 3.8) is 0 Å². The van der Waals surface area contributed by atoms with Crippen LogP contribution in [0.2, 0.25) is 0 Å². The molecule has 0 amide bonds. The van der Waals surface area contributed by atoms with Gasteiger partial charge in [0.1, 0.15) is 6.10 Å². The third kappa shape index (κ3) is 6.29. The molecule has 7 nitrogen and oxygen atoms in total. The molecule has 1 fully saturated rings. The van der Waals surface area contributed by atoms with Gasteiger partial charge in [-0.1, -0.05) is 35.9 Å². The summed E-state index contributed by atoms with van der Waals surface area (Å²) in [5.74, 6) is 0.877. The minimum atomic E-state index is -3.67. The maximum absolute atomic E-state index is 11.4. The van der Waals surface area contributed by atoms with Gasteiger partial charge in [-0.3, -0.25) is 4.99 Å². The number of rotatable bonds is 6. The lowest BCUT2D eigenvalue weighted by molar-refractivity contribution is -0.00833. The summed E-state index contributed by atoms with van der Waals surface area (Å²) < 4.78 is 28.9. The number of nitrogens with two attached hydrogens (primary N) is 1. The molecule has 31 heavy (non-hydrogen) atoms. The predicted molar refractivity (Wildman–Crippen MR) is 124 cm³/mol. The maximum atomic E-state index is 11.4. The second-order valence-electron chi connectivity index (χ2n) is 7.84. The van der Waals surface area contributed by atoms with Gasteiger partial charge in [-0.15, -0.1) is 0 Å². The zero-order valence-corrected chi connectivity index (χ0v) is 19.3. The van der Waals surface area contributed by atoms with Gasteiger partial charge < -0.3 is 15.0 Å². The first-order valence-electron chi connectivity index (χ1n) is 10.6. The van der Waals surface area contributed by atoms with E-state index in [-0.39, 0.29) is 11.0 Å². The first-order valence-corrected chi connectivity index (χ1v) is 12.2. The van der Waals surface area contributed by atoms with E-state index in [2.05, 4.69) is 49.2 Å². The zero-order valence-electron chi connectivity index (χ0n) is 18.5. The molecule has 0 aromatic heterocycles. The van der Waals surface area contributed by atoms with Gasteiger partial charge in [0, 0.05) is 19.6 Å². The molecule has 1 saturated heterocycles. The van der Waals surface area contributed by atoms with Crippen molar-refractivity contribution in [2.24, 2.45) is 10.1 Å². The van der Waals surface area contributed by atoms with Crippen LogP contribution in [0, 0.1) is 13.8 Å². The van der Waals surface area contributed by atoms with Crippen LogP contribution < -0.4 is 10.5 Å². The van der Waals surface area contributed by atoms with E-state index in [1.54, 1.807) is 12.1 Å². The first-order chi connectivity index (χ1) is 14.8. The fourth-order valence-corrected chi connectivity index (χ4v) is 4.29. The Morgan fingerprint density at radius 3 is 2.61 bits per heavy atom. The largest absolute Gasteiger partial charge is 0.370 e. The third-order valence-corrected chi connectivity index (χ3v) is 6.32. The van der Waals surface area contributed by atoms with E-state index in [1.165, 1.54) is 28.8 Å². The summed E-state index contributed by atoms with van der Waals surface area (Å²) in [5.41, 5.74) is 4.74. The molecule has 3 N–H and O–H groups in total.